The number of nitrogens with zero attached hydrogens (tertiary/aromatic N) is 1. The Bertz CT molecular complexity index is 682. The molecule has 0 aliphatic heterocycles. The van der Waals surface area contributed by atoms with Gasteiger partial charge in [-0.1, -0.05) is 29.8 Å². The average molecular weight is 305 g/mol. The summed E-state index contributed by atoms with van der Waals surface area (Å²) in [6, 6.07) is 11.9. The van der Waals surface area contributed by atoms with Gasteiger partial charge in [-0.3, -0.25) is 0 Å². The van der Waals surface area contributed by atoms with Crippen LogP contribution in [-0.2, 0) is 13.2 Å². The molecular formula is C16H14ClFN2O. The first-order valence-corrected chi connectivity index (χ1v) is 6.77. The van der Waals surface area contributed by atoms with Crippen LogP contribution >= 0.6 is 11.6 Å². The molecule has 0 atom stereocenters. The highest BCUT2D eigenvalue weighted by Gasteiger charge is 2.09. The molecule has 0 spiro atoms. The van der Waals surface area contributed by atoms with E-state index >= 15 is 0 Å². The number of nitriles is 1. The Kier molecular flexibility index (Phi) is 5.15. The molecule has 0 bridgehead atoms. The van der Waals surface area contributed by atoms with Gasteiger partial charge < -0.3 is 10.1 Å². The van der Waals surface area contributed by atoms with E-state index in [2.05, 4.69) is 5.32 Å². The molecular weight excluding hydrogens is 291 g/mol. The molecule has 0 amide bonds. The summed E-state index contributed by atoms with van der Waals surface area (Å²) in [4.78, 5) is 0. The molecule has 2 rings (SSSR count). The number of ether oxygens (including phenoxy) is 1. The molecule has 2 aromatic rings. The summed E-state index contributed by atoms with van der Waals surface area (Å²) in [5.74, 6) is -0.0683. The van der Waals surface area contributed by atoms with E-state index in [1.165, 1.54) is 6.07 Å². The zero-order valence-corrected chi connectivity index (χ0v) is 12.2. The SMILES string of the molecule is CNCc1ccc(OCc2cccc(C#N)c2F)c(Cl)c1. The van der Waals surface area contributed by atoms with Crippen molar-refractivity contribution in [3.05, 3.63) is 63.9 Å². The lowest BCUT2D eigenvalue weighted by Gasteiger charge is -2.10. The van der Waals surface area contributed by atoms with Crippen molar-refractivity contribution >= 4 is 11.6 Å². The average Bonchev–Trinajstić information content (AvgIpc) is 2.48. The molecule has 108 valence electrons. The number of rotatable bonds is 5. The van der Waals surface area contributed by atoms with Gasteiger partial charge in [0, 0.05) is 12.1 Å². The lowest BCUT2D eigenvalue weighted by atomic mass is 10.1. The Morgan fingerprint density at radius 2 is 2.14 bits per heavy atom. The van der Waals surface area contributed by atoms with Crippen molar-refractivity contribution in [1.29, 1.82) is 5.26 Å². The van der Waals surface area contributed by atoms with Crippen LogP contribution in [0.2, 0.25) is 5.02 Å². The fourth-order valence-electron chi connectivity index (χ4n) is 1.91. The summed E-state index contributed by atoms with van der Waals surface area (Å²) in [6.07, 6.45) is 0. The molecule has 0 unspecified atom stereocenters. The number of nitrogens with one attached hydrogen (secondary N) is 1. The maximum absolute atomic E-state index is 13.9. The Balaban J connectivity index is 2.12. The maximum Gasteiger partial charge on any atom is 0.147 e. The first kappa shape index (κ1) is 15.3. The van der Waals surface area contributed by atoms with Gasteiger partial charge >= 0.3 is 0 Å². The summed E-state index contributed by atoms with van der Waals surface area (Å²) < 4.78 is 19.4. The maximum atomic E-state index is 13.9. The fourth-order valence-corrected chi connectivity index (χ4v) is 2.17. The Morgan fingerprint density at radius 1 is 1.33 bits per heavy atom. The molecule has 1 N–H and O–H groups in total. The van der Waals surface area contributed by atoms with Crippen LogP contribution in [0.4, 0.5) is 4.39 Å². The monoisotopic (exact) mass is 304 g/mol. The van der Waals surface area contributed by atoms with Crippen molar-refractivity contribution < 1.29 is 9.13 Å². The van der Waals surface area contributed by atoms with Crippen LogP contribution < -0.4 is 10.1 Å². The predicted octanol–water partition coefficient (Wildman–Crippen LogP) is 3.65. The minimum Gasteiger partial charge on any atom is -0.487 e. The fraction of sp³-hybridized carbons (Fsp3) is 0.188. The van der Waals surface area contributed by atoms with E-state index in [-0.39, 0.29) is 12.2 Å². The van der Waals surface area contributed by atoms with Gasteiger partial charge in [-0.25, -0.2) is 4.39 Å². The quantitative estimate of drug-likeness (QED) is 0.917. The lowest BCUT2D eigenvalue weighted by molar-refractivity contribution is 0.300. The molecule has 0 radical (unpaired) electrons. The van der Waals surface area contributed by atoms with Crippen molar-refractivity contribution in [2.45, 2.75) is 13.2 Å². The zero-order chi connectivity index (χ0) is 15.2. The molecule has 0 aliphatic carbocycles. The highest BCUT2D eigenvalue weighted by atomic mass is 35.5. The van der Waals surface area contributed by atoms with Gasteiger partial charge in [0.15, 0.2) is 0 Å². The summed E-state index contributed by atoms with van der Waals surface area (Å²) in [6.45, 7) is 0.727. The van der Waals surface area contributed by atoms with Crippen molar-refractivity contribution in [3.8, 4) is 11.8 Å². The van der Waals surface area contributed by atoms with Gasteiger partial charge in [-0.05, 0) is 30.8 Å². The number of hydrogen-bond acceptors (Lipinski definition) is 3. The standard InChI is InChI=1S/C16H14ClFN2O/c1-20-9-11-5-6-15(14(17)7-11)21-10-13-4-2-3-12(8-19)16(13)18/h2-7,20H,9-10H2,1H3. The van der Waals surface area contributed by atoms with Gasteiger partial charge in [0.1, 0.15) is 24.2 Å². The summed E-state index contributed by atoms with van der Waals surface area (Å²) in [5, 5.41) is 12.3. The molecule has 0 saturated heterocycles. The third-order valence-electron chi connectivity index (χ3n) is 2.96. The molecule has 21 heavy (non-hydrogen) atoms. The highest BCUT2D eigenvalue weighted by molar-refractivity contribution is 6.32. The Labute approximate surface area is 127 Å². The van der Waals surface area contributed by atoms with Crippen LogP contribution in [0, 0.1) is 17.1 Å². The minimum absolute atomic E-state index is 0.00608. The van der Waals surface area contributed by atoms with Gasteiger partial charge in [0.05, 0.1) is 10.6 Å². The van der Waals surface area contributed by atoms with E-state index in [4.69, 9.17) is 21.6 Å². The third kappa shape index (κ3) is 3.72. The normalized spacial score (nSPS) is 10.2. The third-order valence-corrected chi connectivity index (χ3v) is 3.25. The molecule has 0 aliphatic rings. The van der Waals surface area contributed by atoms with Crippen LogP contribution in [0.5, 0.6) is 5.75 Å². The summed E-state index contributed by atoms with van der Waals surface area (Å²) in [5.41, 5.74) is 1.36. The molecule has 0 aromatic heterocycles. The van der Waals surface area contributed by atoms with E-state index in [0.29, 0.717) is 22.9 Å². The molecule has 0 saturated carbocycles. The number of hydrogen-bond donors (Lipinski definition) is 1. The van der Waals surface area contributed by atoms with Crippen LogP contribution in [0.15, 0.2) is 36.4 Å². The highest BCUT2D eigenvalue weighted by Crippen LogP contribution is 2.26. The Morgan fingerprint density at radius 3 is 2.81 bits per heavy atom. The van der Waals surface area contributed by atoms with Crippen molar-refractivity contribution in [3.63, 3.8) is 0 Å². The smallest absolute Gasteiger partial charge is 0.147 e. The summed E-state index contributed by atoms with van der Waals surface area (Å²) >= 11 is 6.13. The molecule has 5 heteroatoms. The van der Waals surface area contributed by atoms with Gasteiger partial charge in [0.25, 0.3) is 0 Å². The first-order valence-electron chi connectivity index (χ1n) is 6.39. The largest absolute Gasteiger partial charge is 0.487 e. The van der Waals surface area contributed by atoms with Crippen LogP contribution in [0.25, 0.3) is 0 Å². The van der Waals surface area contributed by atoms with Gasteiger partial charge in [0.2, 0.25) is 0 Å². The molecule has 0 fully saturated rings. The van der Waals surface area contributed by atoms with E-state index in [1.54, 1.807) is 30.3 Å². The number of benzene rings is 2. The van der Waals surface area contributed by atoms with E-state index in [1.807, 2.05) is 13.1 Å². The first-order chi connectivity index (χ1) is 10.2. The molecule has 2 aromatic carbocycles. The van der Waals surface area contributed by atoms with Gasteiger partial charge in [-0.15, -0.1) is 0 Å². The summed E-state index contributed by atoms with van der Waals surface area (Å²) in [7, 11) is 1.85. The Hall–Kier alpha value is -2.09. The van der Waals surface area contributed by atoms with Crippen molar-refractivity contribution in [1.82, 2.24) is 5.32 Å². The zero-order valence-electron chi connectivity index (χ0n) is 11.5. The number of halogens is 2. The topological polar surface area (TPSA) is 45.0 Å². The minimum atomic E-state index is -0.553. The van der Waals surface area contributed by atoms with Crippen molar-refractivity contribution in [2.24, 2.45) is 0 Å². The van der Waals surface area contributed by atoms with Gasteiger partial charge in [-0.2, -0.15) is 5.26 Å². The molecule has 0 heterocycles. The van der Waals surface area contributed by atoms with E-state index in [0.717, 1.165) is 5.56 Å². The van der Waals surface area contributed by atoms with E-state index < -0.39 is 5.82 Å². The second kappa shape index (κ2) is 7.07. The van der Waals surface area contributed by atoms with Crippen molar-refractivity contribution in [2.75, 3.05) is 7.05 Å². The van der Waals surface area contributed by atoms with Crippen LogP contribution in [-0.4, -0.2) is 7.05 Å². The van der Waals surface area contributed by atoms with Crippen LogP contribution in [0.1, 0.15) is 16.7 Å². The lowest BCUT2D eigenvalue weighted by Crippen LogP contribution is -2.05. The van der Waals surface area contributed by atoms with Crippen LogP contribution in [0.3, 0.4) is 0 Å². The second-order valence-electron chi connectivity index (χ2n) is 4.47. The molecule has 3 nitrogen and oxygen atoms in total. The van der Waals surface area contributed by atoms with E-state index in [9.17, 15) is 4.39 Å². The predicted molar refractivity (Wildman–Crippen MR) is 79.7 cm³/mol. The second-order valence-corrected chi connectivity index (χ2v) is 4.88.